The van der Waals surface area contributed by atoms with E-state index >= 15 is 0 Å². The first-order valence-corrected chi connectivity index (χ1v) is 13.7. The predicted molar refractivity (Wildman–Crippen MR) is 146 cm³/mol. The molecule has 0 N–H and O–H groups in total. The van der Waals surface area contributed by atoms with Crippen molar-refractivity contribution in [3.05, 3.63) is 81.9 Å². The van der Waals surface area contributed by atoms with Crippen molar-refractivity contribution in [3.8, 4) is 5.75 Å². The van der Waals surface area contributed by atoms with Gasteiger partial charge in [0, 0.05) is 19.6 Å². The van der Waals surface area contributed by atoms with Crippen molar-refractivity contribution in [1.82, 2.24) is 4.90 Å². The maximum Gasteiger partial charge on any atom is 0.119 e. The van der Waals surface area contributed by atoms with Crippen LogP contribution in [0, 0.1) is 6.92 Å². The van der Waals surface area contributed by atoms with Gasteiger partial charge in [-0.3, -0.25) is 9.29 Å². The summed E-state index contributed by atoms with van der Waals surface area (Å²) < 4.78 is 18.8. The van der Waals surface area contributed by atoms with Crippen molar-refractivity contribution >= 4 is 5.57 Å². The highest BCUT2D eigenvalue weighted by Gasteiger charge is 2.24. The van der Waals surface area contributed by atoms with E-state index in [9.17, 15) is 4.39 Å². The zero-order valence-corrected chi connectivity index (χ0v) is 21.9. The van der Waals surface area contributed by atoms with E-state index in [1.165, 1.54) is 51.8 Å². The molecule has 2 aromatic rings. The van der Waals surface area contributed by atoms with Crippen molar-refractivity contribution in [2.45, 2.75) is 78.2 Å². The van der Waals surface area contributed by atoms with Crippen molar-refractivity contribution in [2.75, 3.05) is 26.3 Å². The van der Waals surface area contributed by atoms with E-state index < -0.39 is 0 Å². The molecule has 0 radical (unpaired) electrons. The number of hydrogen-bond donors (Lipinski definition) is 0. The Kier molecular flexibility index (Phi) is 9.20. The number of ether oxygens (including phenoxy) is 1. The van der Waals surface area contributed by atoms with Gasteiger partial charge in [-0.1, -0.05) is 62.2 Å². The summed E-state index contributed by atoms with van der Waals surface area (Å²) in [5.41, 5.74) is 9.97. The van der Waals surface area contributed by atoms with Crippen LogP contribution in [0.3, 0.4) is 0 Å². The summed E-state index contributed by atoms with van der Waals surface area (Å²) in [7, 11) is 0. The smallest absolute Gasteiger partial charge is 0.119 e. The van der Waals surface area contributed by atoms with Crippen LogP contribution in [0.15, 0.2) is 59.7 Å². The summed E-state index contributed by atoms with van der Waals surface area (Å²) in [5, 5.41) is 0. The van der Waals surface area contributed by atoms with Gasteiger partial charge in [-0.15, -0.1) is 0 Å². The van der Waals surface area contributed by atoms with Crippen molar-refractivity contribution in [3.63, 3.8) is 0 Å². The minimum atomic E-state index is -0.239. The first-order chi connectivity index (χ1) is 17.1. The largest absolute Gasteiger partial charge is 0.489 e. The minimum absolute atomic E-state index is 0.195. The molecule has 35 heavy (non-hydrogen) atoms. The monoisotopic (exact) mass is 475 g/mol. The lowest BCUT2D eigenvalue weighted by atomic mass is 9.86. The number of fused-ring (bicyclic) bond motifs is 1. The van der Waals surface area contributed by atoms with Crippen LogP contribution in [0.25, 0.3) is 5.57 Å². The first kappa shape index (κ1) is 25.7. The lowest BCUT2D eigenvalue weighted by Gasteiger charge is -2.20. The summed E-state index contributed by atoms with van der Waals surface area (Å²) in [4.78, 5) is 2.31. The maximum atomic E-state index is 12.5. The SMILES string of the molecule is CC/C=C(\CCC)C1=C(c2ccc(OC3CCN(CCCF)C3)cc2)c2ccc(C)cc2CCC1. The number of likely N-dealkylation sites (tertiary alicyclic amines) is 1. The number of halogens is 1. The maximum absolute atomic E-state index is 12.5. The van der Waals surface area contributed by atoms with Crippen LogP contribution in [0.1, 0.15) is 81.0 Å². The topological polar surface area (TPSA) is 12.5 Å². The van der Waals surface area contributed by atoms with Crippen LogP contribution in [0.2, 0.25) is 0 Å². The first-order valence-electron chi connectivity index (χ1n) is 13.7. The Hall–Kier alpha value is -2.39. The van der Waals surface area contributed by atoms with Gasteiger partial charge >= 0.3 is 0 Å². The molecule has 1 saturated heterocycles. The van der Waals surface area contributed by atoms with Crippen LogP contribution in [0.4, 0.5) is 4.39 Å². The zero-order valence-electron chi connectivity index (χ0n) is 21.9. The van der Waals surface area contributed by atoms with Gasteiger partial charge in [0.15, 0.2) is 0 Å². The third kappa shape index (κ3) is 6.44. The van der Waals surface area contributed by atoms with E-state index in [1.54, 1.807) is 0 Å². The fourth-order valence-electron chi connectivity index (χ4n) is 5.73. The molecular weight excluding hydrogens is 433 g/mol. The summed E-state index contributed by atoms with van der Waals surface area (Å²) in [6.45, 7) is 9.21. The number of benzene rings is 2. The molecule has 2 aliphatic rings. The molecule has 1 atom stereocenters. The van der Waals surface area contributed by atoms with Crippen LogP contribution < -0.4 is 4.74 Å². The molecule has 1 aliphatic heterocycles. The van der Waals surface area contributed by atoms with Crippen LogP contribution in [-0.4, -0.2) is 37.3 Å². The second-order valence-corrected chi connectivity index (χ2v) is 10.2. The van der Waals surface area contributed by atoms with Gasteiger partial charge in [0.2, 0.25) is 0 Å². The average molecular weight is 476 g/mol. The summed E-state index contributed by atoms with van der Waals surface area (Å²) in [6, 6.07) is 15.8. The number of alkyl halides is 1. The molecule has 0 amide bonds. The third-order valence-corrected chi connectivity index (χ3v) is 7.35. The van der Waals surface area contributed by atoms with Gasteiger partial charge in [0.1, 0.15) is 11.9 Å². The lowest BCUT2D eigenvalue weighted by Crippen LogP contribution is -2.26. The molecule has 0 saturated carbocycles. The Morgan fingerprint density at radius 1 is 1.11 bits per heavy atom. The molecule has 0 spiro atoms. The number of allylic oxidation sites excluding steroid dienone is 3. The summed E-state index contributed by atoms with van der Waals surface area (Å²) in [5.74, 6) is 0.934. The van der Waals surface area contributed by atoms with E-state index in [1.807, 2.05) is 0 Å². The minimum Gasteiger partial charge on any atom is -0.489 e. The Balaban J connectivity index is 1.64. The fraction of sp³-hybridized carbons (Fsp3) is 0.500. The Bertz CT molecular complexity index is 1040. The zero-order chi connectivity index (χ0) is 24.6. The van der Waals surface area contributed by atoms with Crippen molar-refractivity contribution in [2.24, 2.45) is 0 Å². The highest BCUT2D eigenvalue weighted by atomic mass is 19.1. The van der Waals surface area contributed by atoms with Gasteiger partial charge in [0.25, 0.3) is 0 Å². The second kappa shape index (κ2) is 12.5. The van der Waals surface area contributed by atoms with Gasteiger partial charge < -0.3 is 4.74 Å². The molecule has 0 bridgehead atoms. The Morgan fingerprint density at radius 3 is 2.69 bits per heavy atom. The van der Waals surface area contributed by atoms with E-state index in [-0.39, 0.29) is 12.8 Å². The lowest BCUT2D eigenvalue weighted by molar-refractivity contribution is 0.198. The second-order valence-electron chi connectivity index (χ2n) is 10.2. The Labute approximate surface area is 211 Å². The van der Waals surface area contributed by atoms with E-state index in [4.69, 9.17) is 4.74 Å². The highest BCUT2D eigenvalue weighted by molar-refractivity contribution is 5.86. The number of hydrogen-bond acceptors (Lipinski definition) is 2. The third-order valence-electron chi connectivity index (χ3n) is 7.35. The van der Waals surface area contributed by atoms with Gasteiger partial charge in [-0.2, -0.15) is 0 Å². The average Bonchev–Trinajstić information content (AvgIpc) is 3.22. The van der Waals surface area contributed by atoms with Crippen molar-refractivity contribution in [1.29, 1.82) is 0 Å². The molecule has 188 valence electrons. The summed E-state index contributed by atoms with van der Waals surface area (Å²) >= 11 is 0. The summed E-state index contributed by atoms with van der Waals surface area (Å²) in [6.07, 6.45) is 11.1. The Morgan fingerprint density at radius 2 is 1.94 bits per heavy atom. The molecule has 1 fully saturated rings. The fourth-order valence-corrected chi connectivity index (χ4v) is 5.73. The van der Waals surface area contributed by atoms with Crippen molar-refractivity contribution < 1.29 is 9.13 Å². The van der Waals surface area contributed by atoms with Crippen LogP contribution in [0.5, 0.6) is 5.75 Å². The molecule has 1 aliphatic carbocycles. The predicted octanol–water partition coefficient (Wildman–Crippen LogP) is 8.08. The molecular formula is C32H42FNO. The van der Waals surface area contributed by atoms with Gasteiger partial charge in [-0.25, -0.2) is 0 Å². The van der Waals surface area contributed by atoms with Gasteiger partial charge in [0.05, 0.1) is 6.67 Å². The quantitative estimate of drug-likeness (QED) is 0.344. The molecule has 1 unspecified atom stereocenters. The van der Waals surface area contributed by atoms with E-state index in [0.717, 1.165) is 57.5 Å². The molecule has 2 nitrogen and oxygen atoms in total. The van der Waals surface area contributed by atoms with Gasteiger partial charge in [-0.05, 0) is 97.4 Å². The van der Waals surface area contributed by atoms with E-state index in [0.29, 0.717) is 6.42 Å². The molecule has 4 rings (SSSR count). The molecule has 1 heterocycles. The molecule has 3 heteroatoms. The number of nitrogens with zero attached hydrogens (tertiary/aromatic N) is 1. The molecule has 0 aromatic heterocycles. The highest BCUT2D eigenvalue weighted by Crippen LogP contribution is 2.40. The van der Waals surface area contributed by atoms with E-state index in [2.05, 4.69) is 74.2 Å². The number of aryl methyl sites for hydroxylation is 2. The number of rotatable bonds is 10. The molecule has 2 aromatic carbocycles. The standard InChI is InChI=1S/C32H42FNO/c1-4-8-25(9-5-2)30-11-6-10-27-22-24(3)12-17-31(27)32(30)26-13-15-28(16-14-26)35-29-18-21-34(23-29)20-7-19-33/h8,12-17,22,29H,4-7,9-11,18-21,23H2,1-3H3/b25-8+. The normalized spacial score (nSPS) is 19.1. The van der Waals surface area contributed by atoms with Crippen LogP contribution in [-0.2, 0) is 6.42 Å². The van der Waals surface area contributed by atoms with Crippen LogP contribution >= 0.6 is 0 Å².